The van der Waals surface area contributed by atoms with E-state index in [1.54, 1.807) is 0 Å². The lowest BCUT2D eigenvalue weighted by Crippen LogP contribution is -2.32. The average Bonchev–Trinajstić information content (AvgIpc) is 2.17. The highest BCUT2D eigenvalue weighted by atomic mass is 35.5. The van der Waals surface area contributed by atoms with Gasteiger partial charge >= 0.3 is 0 Å². The maximum atomic E-state index is 5.75. The Morgan fingerprint density at radius 3 is 2.12 bits per heavy atom. The molecule has 0 fully saturated rings. The number of benzene rings is 1. The van der Waals surface area contributed by atoms with Gasteiger partial charge in [-0.25, -0.2) is 0 Å². The smallest absolute Gasteiger partial charge is 0.0231 e. The van der Waals surface area contributed by atoms with E-state index in [1.807, 2.05) is 6.92 Å². The van der Waals surface area contributed by atoms with Gasteiger partial charge in [0.05, 0.1) is 0 Å². The molecule has 0 heterocycles. The lowest BCUT2D eigenvalue weighted by atomic mass is 10.1. The molecule has 0 saturated carbocycles. The molecule has 1 aromatic carbocycles. The van der Waals surface area contributed by atoms with E-state index in [-0.39, 0.29) is 18.4 Å². The first-order valence-electron chi connectivity index (χ1n) is 5.63. The van der Waals surface area contributed by atoms with Crippen LogP contribution in [0.25, 0.3) is 0 Å². The fraction of sp³-hybridized carbons (Fsp3) is 0.538. The summed E-state index contributed by atoms with van der Waals surface area (Å²) in [6.07, 6.45) is 1.11. The minimum Gasteiger partial charge on any atom is -0.327 e. The summed E-state index contributed by atoms with van der Waals surface area (Å²) in [5.41, 5.74) is 8.50. The molecule has 0 bridgehead atoms. The monoisotopic (exact) mass is 242 g/mol. The summed E-state index contributed by atoms with van der Waals surface area (Å²) in [5.74, 6) is 0. The molecule has 1 unspecified atom stereocenters. The molecule has 16 heavy (non-hydrogen) atoms. The van der Waals surface area contributed by atoms with E-state index in [1.165, 1.54) is 11.1 Å². The summed E-state index contributed by atoms with van der Waals surface area (Å²) >= 11 is 0. The van der Waals surface area contributed by atoms with Crippen molar-refractivity contribution in [3.05, 3.63) is 35.4 Å². The third-order valence-corrected chi connectivity index (χ3v) is 2.48. The third-order valence-electron chi connectivity index (χ3n) is 2.48. The first kappa shape index (κ1) is 15.4. The van der Waals surface area contributed by atoms with Gasteiger partial charge in [-0.2, -0.15) is 0 Å². The highest BCUT2D eigenvalue weighted by Gasteiger charge is 2.02. The van der Waals surface area contributed by atoms with Crippen LogP contribution in [0.15, 0.2) is 24.3 Å². The standard InChI is InChI=1S/C13H22N2.ClH/c1-4-12-5-7-13(8-6-12)10-15(3)9-11(2)14;/h5-8,11H,4,9-10,14H2,1-3H3;1H. The summed E-state index contributed by atoms with van der Waals surface area (Å²) in [6.45, 7) is 6.13. The number of rotatable bonds is 5. The van der Waals surface area contributed by atoms with Crippen molar-refractivity contribution in [3.8, 4) is 0 Å². The molecule has 0 amide bonds. The zero-order valence-electron chi connectivity index (χ0n) is 10.4. The molecule has 2 N–H and O–H groups in total. The molecular weight excluding hydrogens is 220 g/mol. The second-order valence-corrected chi connectivity index (χ2v) is 4.34. The fourth-order valence-electron chi connectivity index (χ4n) is 1.75. The summed E-state index contributed by atoms with van der Waals surface area (Å²) in [5, 5.41) is 0. The van der Waals surface area contributed by atoms with Crippen LogP contribution in [0.5, 0.6) is 0 Å². The van der Waals surface area contributed by atoms with Gasteiger partial charge in [0.15, 0.2) is 0 Å². The van der Waals surface area contributed by atoms with Gasteiger partial charge in [0.2, 0.25) is 0 Å². The Hall–Kier alpha value is -0.570. The normalized spacial score (nSPS) is 12.3. The highest BCUT2D eigenvalue weighted by molar-refractivity contribution is 5.85. The average molecular weight is 243 g/mol. The molecule has 0 aliphatic carbocycles. The lowest BCUT2D eigenvalue weighted by Gasteiger charge is -2.18. The van der Waals surface area contributed by atoms with Crippen LogP contribution in [-0.4, -0.2) is 24.5 Å². The maximum absolute atomic E-state index is 5.75. The maximum Gasteiger partial charge on any atom is 0.0231 e. The summed E-state index contributed by atoms with van der Waals surface area (Å²) in [4.78, 5) is 2.26. The van der Waals surface area contributed by atoms with Gasteiger partial charge in [0.1, 0.15) is 0 Å². The van der Waals surface area contributed by atoms with E-state index in [2.05, 4.69) is 43.1 Å². The number of hydrogen-bond acceptors (Lipinski definition) is 2. The zero-order valence-corrected chi connectivity index (χ0v) is 11.3. The van der Waals surface area contributed by atoms with Crippen LogP contribution in [0.2, 0.25) is 0 Å². The first-order chi connectivity index (χ1) is 7.11. The first-order valence-corrected chi connectivity index (χ1v) is 5.63. The minimum absolute atomic E-state index is 0. The second-order valence-electron chi connectivity index (χ2n) is 4.34. The van der Waals surface area contributed by atoms with Crippen molar-refractivity contribution in [1.29, 1.82) is 0 Å². The summed E-state index contributed by atoms with van der Waals surface area (Å²) < 4.78 is 0. The summed E-state index contributed by atoms with van der Waals surface area (Å²) in [6, 6.07) is 9.06. The van der Waals surface area contributed by atoms with Crippen LogP contribution in [0, 0.1) is 0 Å². The van der Waals surface area contributed by atoms with Crippen molar-refractivity contribution in [2.45, 2.75) is 32.9 Å². The Bertz CT molecular complexity index is 282. The highest BCUT2D eigenvalue weighted by Crippen LogP contribution is 2.07. The molecule has 1 rings (SSSR count). The predicted octanol–water partition coefficient (Wildman–Crippen LogP) is 2.45. The summed E-state index contributed by atoms with van der Waals surface area (Å²) in [7, 11) is 2.11. The van der Waals surface area contributed by atoms with Crippen LogP contribution in [0.3, 0.4) is 0 Å². The van der Waals surface area contributed by atoms with E-state index < -0.39 is 0 Å². The number of halogens is 1. The molecule has 0 saturated heterocycles. The lowest BCUT2D eigenvalue weighted by molar-refractivity contribution is 0.310. The van der Waals surface area contributed by atoms with E-state index in [0.29, 0.717) is 0 Å². The van der Waals surface area contributed by atoms with Crippen LogP contribution >= 0.6 is 12.4 Å². The molecule has 0 aliphatic heterocycles. The minimum atomic E-state index is 0. The van der Waals surface area contributed by atoms with Crippen LogP contribution in [0.1, 0.15) is 25.0 Å². The van der Waals surface area contributed by atoms with E-state index in [9.17, 15) is 0 Å². The molecule has 1 aromatic rings. The van der Waals surface area contributed by atoms with Crippen molar-refractivity contribution < 1.29 is 0 Å². The van der Waals surface area contributed by atoms with Crippen molar-refractivity contribution in [2.24, 2.45) is 5.73 Å². The Morgan fingerprint density at radius 2 is 1.69 bits per heavy atom. The Labute approximate surface area is 105 Å². The number of aryl methyl sites for hydroxylation is 1. The Kier molecular flexibility index (Phi) is 7.39. The molecular formula is C13H23ClN2. The van der Waals surface area contributed by atoms with E-state index in [0.717, 1.165) is 19.5 Å². The van der Waals surface area contributed by atoms with Crippen molar-refractivity contribution in [3.63, 3.8) is 0 Å². The molecule has 0 aliphatic rings. The van der Waals surface area contributed by atoms with E-state index in [4.69, 9.17) is 5.73 Å². The number of hydrogen-bond donors (Lipinski definition) is 1. The van der Waals surface area contributed by atoms with Gasteiger partial charge in [0, 0.05) is 19.1 Å². The SMILES string of the molecule is CCc1ccc(CN(C)CC(C)N)cc1.Cl. The van der Waals surface area contributed by atoms with Crippen LogP contribution in [-0.2, 0) is 13.0 Å². The van der Waals surface area contributed by atoms with Crippen molar-refractivity contribution >= 4 is 12.4 Å². The molecule has 0 aromatic heterocycles. The van der Waals surface area contributed by atoms with Crippen molar-refractivity contribution in [2.75, 3.05) is 13.6 Å². The Balaban J connectivity index is 0.00000225. The predicted molar refractivity (Wildman–Crippen MR) is 73.1 cm³/mol. The van der Waals surface area contributed by atoms with Gasteiger partial charge in [-0.3, -0.25) is 0 Å². The number of nitrogens with zero attached hydrogens (tertiary/aromatic N) is 1. The van der Waals surface area contributed by atoms with Gasteiger partial charge in [-0.05, 0) is 31.5 Å². The van der Waals surface area contributed by atoms with Crippen molar-refractivity contribution in [1.82, 2.24) is 4.90 Å². The second kappa shape index (κ2) is 7.66. The van der Waals surface area contributed by atoms with Gasteiger partial charge in [0.25, 0.3) is 0 Å². The number of nitrogens with two attached hydrogens (primary N) is 1. The zero-order chi connectivity index (χ0) is 11.3. The van der Waals surface area contributed by atoms with Crippen LogP contribution in [0.4, 0.5) is 0 Å². The van der Waals surface area contributed by atoms with Gasteiger partial charge in [-0.15, -0.1) is 12.4 Å². The quantitative estimate of drug-likeness (QED) is 0.860. The molecule has 1 atom stereocenters. The third kappa shape index (κ3) is 5.50. The van der Waals surface area contributed by atoms with Crippen LogP contribution < -0.4 is 5.73 Å². The molecule has 0 radical (unpaired) electrons. The van der Waals surface area contributed by atoms with Gasteiger partial charge in [-0.1, -0.05) is 31.2 Å². The van der Waals surface area contributed by atoms with Gasteiger partial charge < -0.3 is 10.6 Å². The molecule has 2 nitrogen and oxygen atoms in total. The molecule has 92 valence electrons. The molecule has 3 heteroatoms. The van der Waals surface area contributed by atoms with E-state index >= 15 is 0 Å². The fourth-order valence-corrected chi connectivity index (χ4v) is 1.75. The largest absolute Gasteiger partial charge is 0.327 e. The topological polar surface area (TPSA) is 29.3 Å². The molecule has 0 spiro atoms. The number of likely N-dealkylation sites (N-methyl/N-ethyl adjacent to an activating group) is 1. The Morgan fingerprint density at radius 1 is 1.19 bits per heavy atom.